The lowest BCUT2D eigenvalue weighted by Gasteiger charge is -2.20. The monoisotopic (exact) mass is 482 g/mol. The van der Waals surface area contributed by atoms with Crippen molar-refractivity contribution < 1.29 is 23.2 Å². The summed E-state index contributed by atoms with van der Waals surface area (Å²) in [5, 5.41) is 16.7. The molecule has 0 atom stereocenters. The molecule has 4 nitrogen and oxygen atoms in total. The highest BCUT2D eigenvalue weighted by molar-refractivity contribution is 7.81. The van der Waals surface area contributed by atoms with Crippen LogP contribution in [0, 0.1) is 13.8 Å². The molecule has 0 radical (unpaired) electrons. The molecule has 2 aromatic carbocycles. The molecule has 178 valence electrons. The summed E-state index contributed by atoms with van der Waals surface area (Å²) in [6.45, 7) is 7.41. The number of thiocarbonyl (C=S) groups is 1. The van der Waals surface area contributed by atoms with Crippen LogP contribution in [-0.2, 0) is 5.41 Å². The normalized spacial score (nSPS) is 12.4. The van der Waals surface area contributed by atoms with Crippen LogP contribution in [0.1, 0.15) is 43.0 Å². The molecule has 1 N–H and O–H groups in total. The van der Waals surface area contributed by atoms with Gasteiger partial charge in [-0.05, 0) is 71.5 Å². The van der Waals surface area contributed by atoms with Crippen LogP contribution >= 0.6 is 12.2 Å². The molecular formula is C27H28F2N2O2S. The lowest BCUT2D eigenvalue weighted by Crippen LogP contribution is -2.40. The van der Waals surface area contributed by atoms with Crippen molar-refractivity contribution in [3.05, 3.63) is 89.2 Å². The second-order valence-corrected chi connectivity index (χ2v) is 9.49. The van der Waals surface area contributed by atoms with Gasteiger partial charge >= 0.3 is 6.61 Å². The number of rotatable bonds is 6. The molecule has 0 saturated heterocycles. The molecule has 0 aliphatic heterocycles. The van der Waals surface area contributed by atoms with Crippen molar-refractivity contribution >= 4 is 34.3 Å². The van der Waals surface area contributed by atoms with E-state index in [1.165, 1.54) is 24.3 Å². The zero-order chi connectivity index (χ0) is 25.0. The minimum absolute atomic E-state index is 0.0221. The van der Waals surface area contributed by atoms with Crippen molar-refractivity contribution in [2.45, 2.75) is 46.6 Å². The molecule has 0 spiro atoms. The zero-order valence-corrected chi connectivity index (χ0v) is 20.7. The molecule has 3 aromatic rings. The van der Waals surface area contributed by atoms with Crippen molar-refractivity contribution in [3.63, 3.8) is 0 Å². The highest BCUT2D eigenvalue weighted by Crippen LogP contribution is 2.23. The van der Waals surface area contributed by atoms with Crippen LogP contribution in [0.5, 0.6) is 5.75 Å². The van der Waals surface area contributed by atoms with Gasteiger partial charge in [-0.2, -0.15) is 13.3 Å². The molecular weight excluding hydrogens is 454 g/mol. The number of benzene rings is 2. The van der Waals surface area contributed by atoms with E-state index in [-0.39, 0.29) is 27.6 Å². The average molecular weight is 483 g/mol. The maximum atomic E-state index is 13.5. The van der Waals surface area contributed by atoms with Gasteiger partial charge < -0.3 is 15.2 Å². The average Bonchev–Trinajstić information content (AvgIpc) is 2.76. The Balaban J connectivity index is 2.05. The van der Waals surface area contributed by atoms with Gasteiger partial charge in [-0.3, -0.25) is 0 Å². The Kier molecular flexibility index (Phi) is 7.67. The van der Waals surface area contributed by atoms with Gasteiger partial charge in [0.15, 0.2) is 17.4 Å². The van der Waals surface area contributed by atoms with E-state index in [2.05, 4.69) is 30.8 Å². The fraction of sp³-hybridized carbons (Fsp3) is 0.259. The summed E-state index contributed by atoms with van der Waals surface area (Å²) in [5.41, 5.74) is 4.61. The molecule has 0 aliphatic rings. The van der Waals surface area contributed by atoms with E-state index in [1.54, 1.807) is 17.0 Å². The number of hydrogen-bond donors (Lipinski definition) is 1. The van der Waals surface area contributed by atoms with Crippen molar-refractivity contribution in [1.82, 2.24) is 0 Å². The first kappa shape index (κ1) is 25.3. The predicted octanol–water partition coefficient (Wildman–Crippen LogP) is 5.62. The van der Waals surface area contributed by atoms with E-state index in [0.717, 1.165) is 22.4 Å². The van der Waals surface area contributed by atoms with Crippen LogP contribution < -0.4 is 19.7 Å². The number of aromatic nitrogens is 1. The van der Waals surface area contributed by atoms with Gasteiger partial charge in [0, 0.05) is 17.8 Å². The van der Waals surface area contributed by atoms with Crippen LogP contribution in [-0.4, -0.2) is 11.6 Å². The zero-order valence-electron chi connectivity index (χ0n) is 19.9. The van der Waals surface area contributed by atoms with E-state index >= 15 is 0 Å². The second kappa shape index (κ2) is 10.3. The van der Waals surface area contributed by atoms with Crippen LogP contribution in [0.25, 0.3) is 11.5 Å². The molecule has 1 heterocycles. The van der Waals surface area contributed by atoms with Gasteiger partial charge in [0.05, 0.1) is 0 Å². The lowest BCUT2D eigenvalue weighted by atomic mass is 9.88. The van der Waals surface area contributed by atoms with Gasteiger partial charge in [0.25, 0.3) is 0 Å². The number of nitrogens with zero attached hydrogens (tertiary/aromatic N) is 1. The number of halogens is 2. The number of hydrogen-bond acceptors (Lipinski definition) is 3. The van der Waals surface area contributed by atoms with Crippen molar-refractivity contribution in [2.24, 2.45) is 0 Å². The minimum Gasteiger partial charge on any atom is -0.867 e. The maximum Gasteiger partial charge on any atom is 0.387 e. The summed E-state index contributed by atoms with van der Waals surface area (Å²) < 4.78 is 31.0. The Morgan fingerprint density at radius 3 is 2.12 bits per heavy atom. The van der Waals surface area contributed by atoms with Gasteiger partial charge in [-0.15, -0.1) is 0 Å². The van der Waals surface area contributed by atoms with Crippen LogP contribution in [0.2, 0.25) is 0 Å². The van der Waals surface area contributed by atoms with Gasteiger partial charge in [-0.1, -0.05) is 51.2 Å². The standard InChI is InChI=1S/C27H28F2N2O2S/c1-17-6-9-21(16-18(17)2)30-25(34)23(31-14-12-20(13-15-31)27(3,4)5)24(32)19-7-10-22(11-8-19)33-26(28)29/h6-16,26H,1-5H3,(H-,30,32,34). The summed E-state index contributed by atoms with van der Waals surface area (Å²) in [6.07, 6.45) is 3.60. The summed E-state index contributed by atoms with van der Waals surface area (Å²) in [5.74, 6) is -0.371. The third-order valence-corrected chi connectivity index (χ3v) is 5.79. The van der Waals surface area contributed by atoms with E-state index in [9.17, 15) is 13.9 Å². The number of alkyl halides is 2. The van der Waals surface area contributed by atoms with Gasteiger partial charge in [0.2, 0.25) is 5.70 Å². The van der Waals surface area contributed by atoms with E-state index in [1.807, 2.05) is 44.2 Å². The Labute approximate surface area is 204 Å². The van der Waals surface area contributed by atoms with Crippen LogP contribution in [0.4, 0.5) is 14.5 Å². The quantitative estimate of drug-likeness (QED) is 0.215. The topological polar surface area (TPSA) is 48.2 Å². The Morgan fingerprint density at radius 1 is 0.971 bits per heavy atom. The molecule has 7 heteroatoms. The fourth-order valence-electron chi connectivity index (χ4n) is 3.35. The SMILES string of the molecule is Cc1ccc(NC(=S)/C(=C(\[O-])c2ccc(OC(F)F)cc2)[n+]2ccc(C(C)(C)C)cc2)cc1C. The summed E-state index contributed by atoms with van der Waals surface area (Å²) in [4.78, 5) is 0.245. The summed E-state index contributed by atoms with van der Waals surface area (Å²) >= 11 is 5.67. The molecule has 34 heavy (non-hydrogen) atoms. The highest BCUT2D eigenvalue weighted by atomic mass is 32.1. The number of ether oxygens (including phenoxy) is 1. The molecule has 3 rings (SSSR count). The van der Waals surface area contributed by atoms with E-state index < -0.39 is 6.61 Å². The molecule has 0 unspecified atom stereocenters. The Bertz CT molecular complexity index is 1200. The number of aryl methyl sites for hydroxylation is 2. The van der Waals surface area contributed by atoms with Crippen LogP contribution in [0.3, 0.4) is 0 Å². The van der Waals surface area contributed by atoms with Crippen molar-refractivity contribution in [2.75, 3.05) is 5.32 Å². The third-order valence-electron chi connectivity index (χ3n) is 5.49. The molecule has 0 fully saturated rings. The van der Waals surface area contributed by atoms with E-state index in [0.29, 0.717) is 5.56 Å². The molecule has 1 aromatic heterocycles. The largest absolute Gasteiger partial charge is 0.867 e. The first-order chi connectivity index (χ1) is 16.0. The fourth-order valence-corrected chi connectivity index (χ4v) is 3.66. The molecule has 0 saturated carbocycles. The van der Waals surface area contributed by atoms with Gasteiger partial charge in [0.1, 0.15) is 5.75 Å². The smallest absolute Gasteiger partial charge is 0.387 e. The third kappa shape index (κ3) is 6.17. The van der Waals surface area contributed by atoms with Crippen molar-refractivity contribution in [3.8, 4) is 5.75 Å². The minimum atomic E-state index is -2.93. The Hall–Kier alpha value is -3.32. The predicted molar refractivity (Wildman–Crippen MR) is 134 cm³/mol. The van der Waals surface area contributed by atoms with Crippen LogP contribution in [0.15, 0.2) is 67.0 Å². The molecule has 0 aliphatic carbocycles. The van der Waals surface area contributed by atoms with Crippen molar-refractivity contribution in [1.29, 1.82) is 0 Å². The molecule has 0 bridgehead atoms. The number of nitrogens with one attached hydrogen (secondary N) is 1. The molecule has 0 amide bonds. The summed E-state index contributed by atoms with van der Waals surface area (Å²) in [6, 6.07) is 15.3. The first-order valence-electron chi connectivity index (χ1n) is 10.8. The van der Waals surface area contributed by atoms with Gasteiger partial charge in [-0.25, -0.2) is 0 Å². The maximum absolute atomic E-state index is 13.5. The first-order valence-corrected chi connectivity index (χ1v) is 11.2. The lowest BCUT2D eigenvalue weighted by molar-refractivity contribution is -0.577. The highest BCUT2D eigenvalue weighted by Gasteiger charge is 2.21. The summed E-state index contributed by atoms with van der Waals surface area (Å²) in [7, 11) is 0. The Morgan fingerprint density at radius 2 is 1.59 bits per heavy atom. The second-order valence-electron chi connectivity index (χ2n) is 9.08. The van der Waals surface area contributed by atoms with E-state index in [4.69, 9.17) is 12.2 Å². The number of pyridine rings is 1. The number of anilines is 1.